The highest BCUT2D eigenvalue weighted by atomic mass is 14.3. The first-order chi connectivity index (χ1) is 6.31. The Morgan fingerprint density at radius 1 is 0.923 bits per heavy atom. The monoisotopic (exact) mass is 166 g/mol. The Hall–Kier alpha value is -2.31. The van der Waals surface area contributed by atoms with E-state index in [0.717, 1.165) is 0 Å². The summed E-state index contributed by atoms with van der Waals surface area (Å²) in [6.45, 7) is 0. The number of nitrogens with zero attached hydrogens (tertiary/aromatic N) is 3. The molecule has 0 unspecified atom stereocenters. The Balaban J connectivity index is 3.02. The molecule has 1 radical (unpaired) electrons. The van der Waals surface area contributed by atoms with E-state index in [-0.39, 0.29) is 5.92 Å². The Labute approximate surface area is 76.1 Å². The van der Waals surface area contributed by atoms with Crippen LogP contribution in [0.1, 0.15) is 11.1 Å². The van der Waals surface area contributed by atoms with Gasteiger partial charge in [0.2, 0.25) is 5.92 Å². The van der Waals surface area contributed by atoms with E-state index >= 15 is 0 Å². The molecule has 0 amide bonds. The van der Waals surface area contributed by atoms with Gasteiger partial charge in [-0.25, -0.2) is 0 Å². The van der Waals surface area contributed by atoms with Gasteiger partial charge in [-0.1, -0.05) is 12.1 Å². The first-order valence-corrected chi connectivity index (χ1v) is 3.49. The Kier molecular flexibility index (Phi) is 2.64. The van der Waals surface area contributed by atoms with E-state index in [1.807, 2.05) is 6.07 Å². The molecule has 13 heavy (non-hydrogen) atoms. The van der Waals surface area contributed by atoms with Gasteiger partial charge in [-0.15, -0.1) is 0 Å². The molecule has 0 heterocycles. The average molecular weight is 166 g/mol. The molecule has 0 bridgehead atoms. The predicted octanol–water partition coefficient (Wildman–Crippen LogP) is 1.53. The van der Waals surface area contributed by atoms with Crippen LogP contribution in [0.2, 0.25) is 0 Å². The molecule has 0 aromatic heterocycles. The van der Waals surface area contributed by atoms with Gasteiger partial charge in [0.15, 0.2) is 0 Å². The quantitative estimate of drug-likeness (QED) is 0.635. The maximum atomic E-state index is 8.53. The molecule has 1 aromatic rings. The molecule has 0 spiro atoms. The summed E-state index contributed by atoms with van der Waals surface area (Å²) in [4.78, 5) is 0. The van der Waals surface area contributed by atoms with Crippen molar-refractivity contribution in [1.82, 2.24) is 0 Å². The highest BCUT2D eigenvalue weighted by molar-refractivity contribution is 5.49. The molecule has 1 aromatic carbocycles. The third-order valence-corrected chi connectivity index (χ3v) is 1.53. The molecule has 0 atom stereocenters. The van der Waals surface area contributed by atoms with E-state index in [1.165, 1.54) is 0 Å². The molecule has 0 saturated heterocycles. The maximum Gasteiger partial charge on any atom is 0.204 e. The van der Waals surface area contributed by atoms with Crippen LogP contribution in [0.15, 0.2) is 24.3 Å². The zero-order valence-electron chi connectivity index (χ0n) is 6.65. The molecular formula is C10H4N3. The van der Waals surface area contributed by atoms with Gasteiger partial charge in [0, 0.05) is 0 Å². The summed E-state index contributed by atoms with van der Waals surface area (Å²) < 4.78 is 0. The first kappa shape index (κ1) is 8.78. The topological polar surface area (TPSA) is 71.4 Å². The fourth-order valence-corrected chi connectivity index (χ4v) is 0.866. The summed E-state index contributed by atoms with van der Waals surface area (Å²) in [5.41, 5.74) is 1.06. The van der Waals surface area contributed by atoms with Gasteiger partial charge in [0.1, 0.15) is 0 Å². The van der Waals surface area contributed by atoms with Crippen molar-refractivity contribution >= 4 is 0 Å². The number of hydrogen-bond acceptors (Lipinski definition) is 3. The molecule has 0 N–H and O–H groups in total. The number of benzene rings is 1. The van der Waals surface area contributed by atoms with Crippen molar-refractivity contribution in [2.24, 2.45) is 0 Å². The van der Waals surface area contributed by atoms with E-state index in [4.69, 9.17) is 15.8 Å². The van der Waals surface area contributed by atoms with Gasteiger partial charge >= 0.3 is 0 Å². The number of hydrogen-bond donors (Lipinski definition) is 0. The predicted molar refractivity (Wildman–Crippen MR) is 44.7 cm³/mol. The fraction of sp³-hybridized carbons (Fsp3) is 0. The second-order valence-corrected chi connectivity index (χ2v) is 2.29. The van der Waals surface area contributed by atoms with Crippen molar-refractivity contribution in [2.75, 3.05) is 0 Å². The van der Waals surface area contributed by atoms with Gasteiger partial charge in [0.05, 0.1) is 23.8 Å². The lowest BCUT2D eigenvalue weighted by Crippen LogP contribution is -1.92. The van der Waals surface area contributed by atoms with Gasteiger partial charge in [-0.3, -0.25) is 0 Å². The van der Waals surface area contributed by atoms with Crippen LogP contribution in [0, 0.1) is 39.9 Å². The van der Waals surface area contributed by atoms with E-state index < -0.39 is 0 Å². The Morgan fingerprint density at radius 3 is 1.85 bits per heavy atom. The SMILES string of the molecule is N#C[C](C#N)c1ccc(C#N)cc1. The summed E-state index contributed by atoms with van der Waals surface area (Å²) in [6.07, 6.45) is 0. The zero-order chi connectivity index (χ0) is 9.68. The third kappa shape index (κ3) is 1.83. The molecule has 3 heteroatoms. The van der Waals surface area contributed by atoms with Crippen LogP contribution in [0.4, 0.5) is 0 Å². The molecule has 0 aliphatic rings. The van der Waals surface area contributed by atoms with Gasteiger partial charge in [0.25, 0.3) is 0 Å². The van der Waals surface area contributed by atoms with Crippen molar-refractivity contribution in [3.63, 3.8) is 0 Å². The smallest absolute Gasteiger partial charge is 0.196 e. The molecule has 59 valence electrons. The molecule has 0 fully saturated rings. The highest BCUT2D eigenvalue weighted by Gasteiger charge is 2.09. The van der Waals surface area contributed by atoms with Crippen molar-refractivity contribution in [1.29, 1.82) is 15.8 Å². The molecular weight excluding hydrogens is 162 g/mol. The summed E-state index contributed by atoms with van der Waals surface area (Å²) in [5.74, 6) is 0.0597. The normalized spacial score (nSPS) is 8.46. The van der Waals surface area contributed by atoms with Crippen LogP contribution < -0.4 is 0 Å². The van der Waals surface area contributed by atoms with Crippen molar-refractivity contribution in [3.8, 4) is 18.2 Å². The van der Waals surface area contributed by atoms with Gasteiger partial charge in [-0.2, -0.15) is 15.8 Å². The first-order valence-electron chi connectivity index (χ1n) is 3.49. The molecule has 3 nitrogen and oxygen atoms in total. The van der Waals surface area contributed by atoms with Gasteiger partial charge in [-0.05, 0) is 17.7 Å². The van der Waals surface area contributed by atoms with E-state index in [0.29, 0.717) is 11.1 Å². The fourth-order valence-electron chi connectivity index (χ4n) is 0.866. The minimum Gasteiger partial charge on any atom is -0.196 e. The van der Waals surface area contributed by atoms with Crippen molar-refractivity contribution < 1.29 is 0 Å². The maximum absolute atomic E-state index is 8.53. The minimum absolute atomic E-state index is 0.0597. The number of nitriles is 3. The summed E-state index contributed by atoms with van der Waals surface area (Å²) in [5, 5.41) is 25.6. The lowest BCUT2D eigenvalue weighted by Gasteiger charge is -1.97. The van der Waals surface area contributed by atoms with E-state index in [1.54, 1.807) is 36.4 Å². The molecule has 0 aliphatic carbocycles. The van der Waals surface area contributed by atoms with Crippen molar-refractivity contribution in [3.05, 3.63) is 41.3 Å². The second kappa shape index (κ2) is 3.90. The average Bonchev–Trinajstić information content (AvgIpc) is 2.21. The Bertz CT molecular complexity index is 397. The van der Waals surface area contributed by atoms with E-state index in [9.17, 15) is 0 Å². The van der Waals surface area contributed by atoms with Crippen molar-refractivity contribution in [2.45, 2.75) is 0 Å². The molecule has 0 saturated carbocycles. The second-order valence-electron chi connectivity index (χ2n) is 2.29. The Morgan fingerprint density at radius 2 is 1.46 bits per heavy atom. The largest absolute Gasteiger partial charge is 0.204 e. The van der Waals surface area contributed by atoms with Crippen LogP contribution in [0.3, 0.4) is 0 Å². The third-order valence-electron chi connectivity index (χ3n) is 1.53. The standard InChI is InChI=1S/C10H4N3/c11-5-8-1-3-9(4-2-8)10(6-12)7-13/h1-4H. The molecule has 1 rings (SSSR count). The van der Waals surface area contributed by atoms with Gasteiger partial charge < -0.3 is 0 Å². The minimum atomic E-state index is 0.0597. The summed E-state index contributed by atoms with van der Waals surface area (Å²) in [6, 6.07) is 11.8. The highest BCUT2D eigenvalue weighted by Crippen LogP contribution is 2.13. The molecule has 0 aliphatic heterocycles. The van der Waals surface area contributed by atoms with E-state index in [2.05, 4.69) is 0 Å². The van der Waals surface area contributed by atoms with Crippen LogP contribution in [-0.2, 0) is 0 Å². The lowest BCUT2D eigenvalue weighted by atomic mass is 10.0. The summed E-state index contributed by atoms with van der Waals surface area (Å²) in [7, 11) is 0. The summed E-state index contributed by atoms with van der Waals surface area (Å²) >= 11 is 0. The van der Waals surface area contributed by atoms with Crippen LogP contribution in [0.25, 0.3) is 0 Å². The van der Waals surface area contributed by atoms with Crippen LogP contribution >= 0.6 is 0 Å². The van der Waals surface area contributed by atoms with Crippen LogP contribution in [0.5, 0.6) is 0 Å². The lowest BCUT2D eigenvalue weighted by molar-refractivity contribution is 1.32. The van der Waals surface area contributed by atoms with Crippen LogP contribution in [-0.4, -0.2) is 0 Å². The number of rotatable bonds is 1. The zero-order valence-corrected chi connectivity index (χ0v) is 6.65.